The standard InChI is InChI=1S/C17H19FN6/c18-12-9-22-16(11-8-21-15-10(11)4-3-7-20-15)24-17(12)23-14-6-2-1-5-13(14)19/h3-4,7-9,13-14H,1-2,5-6,19H2,(H,20,21)(H,22,23,24). The van der Waals surface area contributed by atoms with Crippen LogP contribution in [0.2, 0.25) is 0 Å². The summed E-state index contributed by atoms with van der Waals surface area (Å²) in [5, 5.41) is 4.08. The number of H-pyrrole nitrogens is 1. The Morgan fingerprint density at radius 3 is 3.00 bits per heavy atom. The summed E-state index contributed by atoms with van der Waals surface area (Å²) in [5.41, 5.74) is 7.70. The molecule has 0 radical (unpaired) electrons. The van der Waals surface area contributed by atoms with Gasteiger partial charge in [-0.2, -0.15) is 0 Å². The minimum absolute atomic E-state index is 0.0221. The molecule has 7 heteroatoms. The molecule has 0 spiro atoms. The van der Waals surface area contributed by atoms with Crippen LogP contribution in [-0.4, -0.2) is 32.0 Å². The molecule has 0 aromatic carbocycles. The summed E-state index contributed by atoms with van der Waals surface area (Å²) >= 11 is 0. The van der Waals surface area contributed by atoms with E-state index in [1.54, 1.807) is 12.4 Å². The number of nitrogens with two attached hydrogens (primary N) is 1. The second kappa shape index (κ2) is 6.16. The highest BCUT2D eigenvalue weighted by Crippen LogP contribution is 2.27. The molecule has 24 heavy (non-hydrogen) atoms. The molecule has 0 aliphatic heterocycles. The summed E-state index contributed by atoms with van der Waals surface area (Å²) in [7, 11) is 0. The average molecular weight is 326 g/mol. The zero-order chi connectivity index (χ0) is 16.5. The Kier molecular flexibility index (Phi) is 3.86. The maximum Gasteiger partial charge on any atom is 0.183 e. The van der Waals surface area contributed by atoms with Crippen LogP contribution in [0.1, 0.15) is 25.7 Å². The zero-order valence-electron chi connectivity index (χ0n) is 13.2. The molecule has 1 saturated carbocycles. The van der Waals surface area contributed by atoms with Crippen LogP contribution in [0.4, 0.5) is 10.2 Å². The molecule has 1 fully saturated rings. The van der Waals surface area contributed by atoms with Gasteiger partial charge in [-0.15, -0.1) is 0 Å². The number of rotatable bonds is 3. The molecule has 3 heterocycles. The second-order valence-electron chi connectivity index (χ2n) is 6.19. The van der Waals surface area contributed by atoms with Gasteiger partial charge in [-0.3, -0.25) is 0 Å². The van der Waals surface area contributed by atoms with Gasteiger partial charge in [0.1, 0.15) is 5.65 Å². The van der Waals surface area contributed by atoms with Crippen molar-refractivity contribution in [1.82, 2.24) is 19.9 Å². The number of nitrogens with one attached hydrogen (secondary N) is 2. The number of aromatic nitrogens is 4. The Morgan fingerprint density at radius 1 is 1.25 bits per heavy atom. The predicted octanol–water partition coefficient (Wildman–Crippen LogP) is 2.84. The number of hydrogen-bond acceptors (Lipinski definition) is 5. The van der Waals surface area contributed by atoms with Crippen molar-refractivity contribution in [3.8, 4) is 11.4 Å². The van der Waals surface area contributed by atoms with Gasteiger partial charge in [-0.1, -0.05) is 12.8 Å². The van der Waals surface area contributed by atoms with E-state index in [2.05, 4.69) is 25.3 Å². The van der Waals surface area contributed by atoms with Crippen LogP contribution in [0.15, 0.2) is 30.7 Å². The molecule has 3 aromatic rings. The molecule has 6 nitrogen and oxygen atoms in total. The van der Waals surface area contributed by atoms with Crippen LogP contribution in [-0.2, 0) is 0 Å². The van der Waals surface area contributed by atoms with Crippen molar-refractivity contribution in [2.45, 2.75) is 37.8 Å². The fraction of sp³-hybridized carbons (Fsp3) is 0.353. The van der Waals surface area contributed by atoms with Gasteiger partial charge in [0.25, 0.3) is 0 Å². The van der Waals surface area contributed by atoms with Crippen LogP contribution in [0.25, 0.3) is 22.4 Å². The average Bonchev–Trinajstić information content (AvgIpc) is 3.03. The minimum atomic E-state index is -0.463. The van der Waals surface area contributed by atoms with Gasteiger partial charge in [-0.05, 0) is 25.0 Å². The predicted molar refractivity (Wildman–Crippen MR) is 90.9 cm³/mol. The lowest BCUT2D eigenvalue weighted by molar-refractivity contribution is 0.402. The van der Waals surface area contributed by atoms with Crippen molar-refractivity contribution in [2.24, 2.45) is 5.73 Å². The Balaban J connectivity index is 1.68. The SMILES string of the molecule is NC1CCCCC1Nc1nc(-c2c[nH]c3ncccc23)ncc1F. The number of hydrogen-bond donors (Lipinski definition) is 3. The zero-order valence-corrected chi connectivity index (χ0v) is 13.2. The van der Waals surface area contributed by atoms with Gasteiger partial charge in [0, 0.05) is 35.4 Å². The quantitative estimate of drug-likeness (QED) is 0.688. The summed E-state index contributed by atoms with van der Waals surface area (Å²) in [5.74, 6) is 0.206. The van der Waals surface area contributed by atoms with Crippen molar-refractivity contribution >= 4 is 16.9 Å². The van der Waals surface area contributed by atoms with E-state index in [0.29, 0.717) is 5.82 Å². The summed E-state index contributed by atoms with van der Waals surface area (Å²) in [6, 6.07) is 3.85. The molecule has 4 rings (SSSR count). The van der Waals surface area contributed by atoms with E-state index >= 15 is 0 Å². The molecule has 1 aliphatic rings. The molecule has 124 valence electrons. The van der Waals surface area contributed by atoms with Gasteiger partial charge in [0.15, 0.2) is 17.5 Å². The Labute approximate surface area is 138 Å². The molecule has 0 saturated heterocycles. The van der Waals surface area contributed by atoms with Crippen molar-refractivity contribution in [2.75, 3.05) is 5.32 Å². The van der Waals surface area contributed by atoms with Gasteiger partial charge < -0.3 is 16.0 Å². The smallest absolute Gasteiger partial charge is 0.183 e. The number of pyridine rings is 1. The monoisotopic (exact) mass is 326 g/mol. The van der Waals surface area contributed by atoms with Crippen molar-refractivity contribution in [3.63, 3.8) is 0 Å². The van der Waals surface area contributed by atoms with Crippen molar-refractivity contribution in [1.29, 1.82) is 0 Å². The number of halogens is 1. The Hall–Kier alpha value is -2.54. The third-order valence-corrected chi connectivity index (χ3v) is 4.58. The lowest BCUT2D eigenvalue weighted by atomic mass is 9.91. The summed E-state index contributed by atoms with van der Waals surface area (Å²) in [6.07, 6.45) is 8.81. The Bertz CT molecular complexity index is 861. The molecular weight excluding hydrogens is 307 g/mol. The number of anilines is 1. The molecule has 3 aromatic heterocycles. The Morgan fingerprint density at radius 2 is 2.12 bits per heavy atom. The number of fused-ring (bicyclic) bond motifs is 1. The van der Waals surface area contributed by atoms with E-state index in [4.69, 9.17) is 5.73 Å². The highest BCUT2D eigenvalue weighted by Gasteiger charge is 2.23. The van der Waals surface area contributed by atoms with Gasteiger partial charge in [0.05, 0.1) is 6.20 Å². The van der Waals surface area contributed by atoms with Crippen molar-refractivity contribution < 1.29 is 4.39 Å². The lowest BCUT2D eigenvalue weighted by Gasteiger charge is -2.29. The van der Waals surface area contributed by atoms with Gasteiger partial charge in [0.2, 0.25) is 0 Å². The maximum absolute atomic E-state index is 14.2. The summed E-state index contributed by atoms with van der Waals surface area (Å²) in [4.78, 5) is 15.9. The van der Waals surface area contributed by atoms with Crippen LogP contribution in [0, 0.1) is 5.82 Å². The van der Waals surface area contributed by atoms with Gasteiger partial charge >= 0.3 is 0 Å². The van der Waals surface area contributed by atoms with Crippen LogP contribution in [0.3, 0.4) is 0 Å². The molecule has 2 unspecified atom stereocenters. The number of nitrogens with zero attached hydrogens (tertiary/aromatic N) is 3. The molecular formula is C17H19FN6. The molecule has 1 aliphatic carbocycles. The van der Waals surface area contributed by atoms with Crippen molar-refractivity contribution in [3.05, 3.63) is 36.5 Å². The number of aromatic amines is 1. The van der Waals surface area contributed by atoms with E-state index in [-0.39, 0.29) is 17.9 Å². The highest BCUT2D eigenvalue weighted by atomic mass is 19.1. The highest BCUT2D eigenvalue weighted by molar-refractivity contribution is 5.91. The third kappa shape index (κ3) is 2.71. The first kappa shape index (κ1) is 15.0. The van der Waals surface area contributed by atoms with Gasteiger partial charge in [-0.25, -0.2) is 19.3 Å². The third-order valence-electron chi connectivity index (χ3n) is 4.58. The van der Waals surface area contributed by atoms with Crippen LogP contribution >= 0.6 is 0 Å². The first-order valence-corrected chi connectivity index (χ1v) is 8.19. The fourth-order valence-corrected chi connectivity index (χ4v) is 3.25. The van der Waals surface area contributed by atoms with E-state index in [1.807, 2.05) is 12.1 Å². The first-order chi connectivity index (χ1) is 11.7. The summed E-state index contributed by atoms with van der Waals surface area (Å²) < 4.78 is 14.2. The van der Waals surface area contributed by atoms with E-state index in [9.17, 15) is 4.39 Å². The van der Waals surface area contributed by atoms with Crippen LogP contribution < -0.4 is 11.1 Å². The minimum Gasteiger partial charge on any atom is -0.363 e. The van der Waals surface area contributed by atoms with E-state index < -0.39 is 5.82 Å². The summed E-state index contributed by atoms with van der Waals surface area (Å²) in [6.45, 7) is 0. The second-order valence-corrected chi connectivity index (χ2v) is 6.19. The lowest BCUT2D eigenvalue weighted by Crippen LogP contribution is -2.43. The molecule has 4 N–H and O–H groups in total. The topological polar surface area (TPSA) is 92.5 Å². The van der Waals surface area contributed by atoms with Crippen LogP contribution in [0.5, 0.6) is 0 Å². The molecule has 2 atom stereocenters. The fourth-order valence-electron chi connectivity index (χ4n) is 3.25. The van der Waals surface area contributed by atoms with E-state index in [1.165, 1.54) is 6.20 Å². The maximum atomic E-state index is 14.2. The molecule has 0 amide bonds. The van der Waals surface area contributed by atoms with E-state index in [0.717, 1.165) is 42.3 Å². The molecule has 0 bridgehead atoms. The normalized spacial score (nSPS) is 21.1. The largest absolute Gasteiger partial charge is 0.363 e. The first-order valence-electron chi connectivity index (χ1n) is 8.19.